The molecule has 0 spiro atoms. The molecule has 0 aliphatic carbocycles. The molecule has 1 aromatic rings. The van der Waals surface area contributed by atoms with Crippen LogP contribution in [0.1, 0.15) is 42.3 Å². The van der Waals surface area contributed by atoms with Crippen LogP contribution in [0.3, 0.4) is 0 Å². The Labute approximate surface area is 137 Å². The predicted octanol–water partition coefficient (Wildman–Crippen LogP) is 3.06. The van der Waals surface area contributed by atoms with Crippen molar-refractivity contribution in [2.75, 3.05) is 21.2 Å². The predicted molar refractivity (Wildman–Crippen MR) is 90.6 cm³/mol. The molecule has 0 aromatic heterocycles. The average molecular weight is 319 g/mol. The number of esters is 1. The number of methoxy groups -OCH3 is 1. The van der Waals surface area contributed by atoms with Crippen LogP contribution in [0.25, 0.3) is 6.08 Å². The highest BCUT2D eigenvalue weighted by molar-refractivity contribution is 5.95. The first kappa shape index (κ1) is 18.7. The van der Waals surface area contributed by atoms with Gasteiger partial charge in [-0.05, 0) is 51.5 Å². The molecule has 0 saturated carbocycles. The van der Waals surface area contributed by atoms with E-state index >= 15 is 0 Å². The number of hydrogen-bond donors (Lipinski definition) is 0. The van der Waals surface area contributed by atoms with Gasteiger partial charge in [-0.2, -0.15) is 0 Å². The van der Waals surface area contributed by atoms with Gasteiger partial charge in [0.2, 0.25) is 0 Å². The summed E-state index contributed by atoms with van der Waals surface area (Å²) in [5, 5.41) is 0. The first-order valence-corrected chi connectivity index (χ1v) is 7.36. The highest BCUT2D eigenvalue weighted by Crippen LogP contribution is 2.26. The molecule has 0 fully saturated rings. The molecule has 5 nitrogen and oxygen atoms in total. The highest BCUT2D eigenvalue weighted by atomic mass is 16.6. The van der Waals surface area contributed by atoms with E-state index < -0.39 is 11.6 Å². The van der Waals surface area contributed by atoms with Crippen LogP contribution in [-0.4, -0.2) is 43.6 Å². The Bertz CT molecular complexity index is 625. The van der Waals surface area contributed by atoms with E-state index in [-0.39, 0.29) is 5.91 Å². The smallest absolute Gasteiger partial charge is 0.331 e. The van der Waals surface area contributed by atoms with Crippen molar-refractivity contribution in [3.05, 3.63) is 34.9 Å². The van der Waals surface area contributed by atoms with Crippen molar-refractivity contribution < 1.29 is 19.1 Å². The summed E-state index contributed by atoms with van der Waals surface area (Å²) in [6.07, 6.45) is 3.01. The summed E-state index contributed by atoms with van der Waals surface area (Å²) in [4.78, 5) is 25.4. The Morgan fingerprint density at radius 3 is 2.26 bits per heavy atom. The van der Waals surface area contributed by atoms with Crippen LogP contribution in [0.15, 0.2) is 18.2 Å². The lowest BCUT2D eigenvalue weighted by atomic mass is 10.0. The first-order valence-electron chi connectivity index (χ1n) is 7.36. The molecular formula is C18H25NO4. The van der Waals surface area contributed by atoms with Crippen molar-refractivity contribution in [2.45, 2.75) is 33.3 Å². The summed E-state index contributed by atoms with van der Waals surface area (Å²) in [6, 6.07) is 3.45. The van der Waals surface area contributed by atoms with Crippen molar-refractivity contribution in [1.29, 1.82) is 0 Å². The largest absolute Gasteiger partial charge is 0.496 e. The third-order valence-electron chi connectivity index (χ3n) is 3.01. The lowest BCUT2D eigenvalue weighted by Crippen LogP contribution is -2.22. The number of benzene rings is 1. The van der Waals surface area contributed by atoms with Gasteiger partial charge >= 0.3 is 5.97 Å². The number of ether oxygens (including phenoxy) is 2. The molecule has 0 bridgehead atoms. The Morgan fingerprint density at radius 1 is 1.17 bits per heavy atom. The van der Waals surface area contributed by atoms with Crippen LogP contribution in [-0.2, 0) is 9.53 Å². The number of rotatable bonds is 4. The van der Waals surface area contributed by atoms with Gasteiger partial charge < -0.3 is 14.4 Å². The highest BCUT2D eigenvalue weighted by Gasteiger charge is 2.16. The lowest BCUT2D eigenvalue weighted by Gasteiger charge is -2.18. The number of nitrogens with zero attached hydrogens (tertiary/aromatic N) is 1. The zero-order valence-corrected chi connectivity index (χ0v) is 14.9. The number of amides is 1. The van der Waals surface area contributed by atoms with E-state index in [4.69, 9.17) is 9.47 Å². The molecule has 0 heterocycles. The minimum Gasteiger partial charge on any atom is -0.496 e. The van der Waals surface area contributed by atoms with Crippen LogP contribution in [0.4, 0.5) is 0 Å². The van der Waals surface area contributed by atoms with E-state index in [0.29, 0.717) is 11.3 Å². The van der Waals surface area contributed by atoms with E-state index in [9.17, 15) is 9.59 Å². The van der Waals surface area contributed by atoms with E-state index in [2.05, 4.69) is 0 Å². The molecule has 0 aliphatic rings. The van der Waals surface area contributed by atoms with Gasteiger partial charge in [-0.15, -0.1) is 0 Å². The van der Waals surface area contributed by atoms with Crippen molar-refractivity contribution in [3.63, 3.8) is 0 Å². The standard InChI is InChI=1S/C18H25NO4/c1-12-10-13(17(21)19(5)6)11-15(22-7)14(12)8-9-16(20)23-18(2,3)4/h8-11H,1-7H3/b9-8+. The van der Waals surface area contributed by atoms with Crippen molar-refractivity contribution in [2.24, 2.45) is 0 Å². The average Bonchev–Trinajstić information content (AvgIpc) is 2.42. The minimum atomic E-state index is -0.539. The Hall–Kier alpha value is -2.30. The summed E-state index contributed by atoms with van der Waals surface area (Å²) < 4.78 is 10.6. The molecule has 1 aromatic carbocycles. The molecule has 0 radical (unpaired) electrons. The lowest BCUT2D eigenvalue weighted by molar-refractivity contribution is -0.148. The van der Waals surface area contributed by atoms with Gasteiger partial charge in [-0.25, -0.2) is 4.79 Å². The SMILES string of the molecule is COc1cc(C(=O)N(C)C)cc(C)c1/C=C/C(=O)OC(C)(C)C. The van der Waals surface area contributed by atoms with Gasteiger partial charge in [0.05, 0.1) is 7.11 Å². The second-order valence-corrected chi connectivity index (χ2v) is 6.48. The zero-order chi connectivity index (χ0) is 17.8. The topological polar surface area (TPSA) is 55.8 Å². The Balaban J connectivity index is 3.13. The summed E-state index contributed by atoms with van der Waals surface area (Å²) >= 11 is 0. The second-order valence-electron chi connectivity index (χ2n) is 6.48. The number of hydrogen-bond acceptors (Lipinski definition) is 4. The van der Waals surface area contributed by atoms with Crippen LogP contribution in [0.5, 0.6) is 5.75 Å². The van der Waals surface area contributed by atoms with Crippen LogP contribution < -0.4 is 4.74 Å². The van der Waals surface area contributed by atoms with E-state index in [1.54, 1.807) is 32.3 Å². The second kappa shape index (κ2) is 7.31. The summed E-state index contributed by atoms with van der Waals surface area (Å²) in [7, 11) is 4.92. The number of carbonyl (C=O) groups excluding carboxylic acids is 2. The third kappa shape index (κ3) is 5.43. The fraction of sp³-hybridized carbons (Fsp3) is 0.444. The maximum atomic E-state index is 12.1. The Kier molecular flexibility index (Phi) is 5.96. The fourth-order valence-corrected chi connectivity index (χ4v) is 2.02. The maximum Gasteiger partial charge on any atom is 0.331 e. The van der Waals surface area contributed by atoms with E-state index in [1.807, 2.05) is 27.7 Å². The molecule has 23 heavy (non-hydrogen) atoms. The van der Waals surface area contributed by atoms with Gasteiger partial charge in [0.25, 0.3) is 5.91 Å². The normalized spacial score (nSPS) is 11.4. The van der Waals surface area contributed by atoms with E-state index in [0.717, 1.165) is 11.1 Å². The molecule has 0 saturated heterocycles. The summed E-state index contributed by atoms with van der Waals surface area (Å²) in [5.74, 6) is 0.0106. The molecule has 126 valence electrons. The molecule has 0 N–H and O–H groups in total. The first-order chi connectivity index (χ1) is 10.5. The minimum absolute atomic E-state index is 0.103. The molecule has 0 aliphatic heterocycles. The summed E-state index contributed by atoms with van der Waals surface area (Å²) in [5.41, 5.74) is 1.59. The molecule has 1 rings (SSSR count). The van der Waals surface area contributed by atoms with Crippen LogP contribution in [0, 0.1) is 6.92 Å². The maximum absolute atomic E-state index is 12.1. The molecule has 0 unspecified atom stereocenters. The molecule has 1 amide bonds. The van der Waals surface area contributed by atoms with Crippen molar-refractivity contribution in [3.8, 4) is 5.75 Å². The Morgan fingerprint density at radius 2 is 1.78 bits per heavy atom. The molecule has 5 heteroatoms. The fourth-order valence-electron chi connectivity index (χ4n) is 2.02. The van der Waals surface area contributed by atoms with Gasteiger partial charge in [-0.1, -0.05) is 0 Å². The quantitative estimate of drug-likeness (QED) is 0.632. The molecule has 0 atom stereocenters. The number of aryl methyl sites for hydroxylation is 1. The van der Waals surface area contributed by atoms with Crippen molar-refractivity contribution in [1.82, 2.24) is 4.90 Å². The zero-order valence-electron chi connectivity index (χ0n) is 14.9. The number of carbonyl (C=O) groups is 2. The van der Waals surface area contributed by atoms with Crippen LogP contribution in [0.2, 0.25) is 0 Å². The van der Waals surface area contributed by atoms with Gasteiger partial charge in [-0.3, -0.25) is 4.79 Å². The third-order valence-corrected chi connectivity index (χ3v) is 3.01. The van der Waals surface area contributed by atoms with E-state index in [1.165, 1.54) is 18.1 Å². The van der Waals surface area contributed by atoms with Gasteiger partial charge in [0.1, 0.15) is 11.4 Å². The van der Waals surface area contributed by atoms with Gasteiger partial charge in [0.15, 0.2) is 0 Å². The summed E-state index contributed by atoms with van der Waals surface area (Å²) in [6.45, 7) is 7.30. The molecular weight excluding hydrogens is 294 g/mol. The van der Waals surface area contributed by atoms with Crippen molar-refractivity contribution >= 4 is 18.0 Å². The van der Waals surface area contributed by atoms with Crippen LogP contribution >= 0.6 is 0 Å². The monoisotopic (exact) mass is 319 g/mol. The van der Waals surface area contributed by atoms with Gasteiger partial charge in [0, 0.05) is 31.3 Å².